The van der Waals surface area contributed by atoms with Crippen molar-refractivity contribution in [3.05, 3.63) is 28.2 Å². The number of carbonyl (C=O) groups excluding carboxylic acids is 1. The van der Waals surface area contributed by atoms with Gasteiger partial charge in [0.25, 0.3) is 0 Å². The summed E-state index contributed by atoms with van der Waals surface area (Å²) in [6.07, 6.45) is 0. The maximum Gasteiger partial charge on any atom is 0.323 e. The fourth-order valence-corrected chi connectivity index (χ4v) is 2.89. The lowest BCUT2D eigenvalue weighted by Gasteiger charge is -2.24. The summed E-state index contributed by atoms with van der Waals surface area (Å²) in [6.45, 7) is 3.25. The highest BCUT2D eigenvalue weighted by molar-refractivity contribution is 8.00. The van der Waals surface area contributed by atoms with E-state index in [2.05, 4.69) is 0 Å². The number of benzene rings is 1. The molecule has 0 fully saturated rings. The molecule has 0 aliphatic rings. The summed E-state index contributed by atoms with van der Waals surface area (Å²) in [4.78, 5) is 24.8. The average Bonchev–Trinajstić information content (AvgIpc) is 2.36. The lowest BCUT2D eigenvalue weighted by Crippen LogP contribution is -2.41. The summed E-state index contributed by atoms with van der Waals surface area (Å²) in [7, 11) is 0. The molecule has 0 heterocycles. The molecule has 0 aromatic heterocycles. The summed E-state index contributed by atoms with van der Waals surface area (Å²) in [5, 5.41) is 9.86. The van der Waals surface area contributed by atoms with Crippen LogP contribution in [-0.2, 0) is 9.59 Å². The monoisotopic (exact) mass is 335 g/mol. The van der Waals surface area contributed by atoms with Crippen molar-refractivity contribution in [3.63, 3.8) is 0 Å². The number of nitrogens with zero attached hydrogens (tertiary/aromatic N) is 1. The van der Waals surface area contributed by atoms with E-state index in [9.17, 15) is 9.59 Å². The highest BCUT2D eigenvalue weighted by atomic mass is 35.5. The summed E-state index contributed by atoms with van der Waals surface area (Å²) >= 11 is 13.1. The zero-order valence-corrected chi connectivity index (χ0v) is 13.4. The molecule has 0 bridgehead atoms. The van der Waals surface area contributed by atoms with Crippen molar-refractivity contribution < 1.29 is 14.7 Å². The van der Waals surface area contributed by atoms with Gasteiger partial charge in [-0.15, -0.1) is 11.8 Å². The normalized spacial score (nSPS) is 10.7. The van der Waals surface area contributed by atoms with Crippen molar-refractivity contribution in [2.24, 2.45) is 0 Å². The Morgan fingerprint density at radius 1 is 1.35 bits per heavy atom. The van der Waals surface area contributed by atoms with Crippen LogP contribution in [-0.4, -0.2) is 40.2 Å². The van der Waals surface area contributed by atoms with Gasteiger partial charge in [-0.3, -0.25) is 9.59 Å². The molecular formula is C13H15Cl2NO3S. The summed E-state index contributed by atoms with van der Waals surface area (Å²) < 4.78 is 0. The number of amides is 1. The van der Waals surface area contributed by atoms with Gasteiger partial charge in [-0.2, -0.15) is 0 Å². The molecule has 0 radical (unpaired) electrons. The minimum absolute atomic E-state index is 0.117. The molecule has 1 aromatic rings. The van der Waals surface area contributed by atoms with Gasteiger partial charge in [-0.25, -0.2) is 0 Å². The molecule has 20 heavy (non-hydrogen) atoms. The molecule has 4 nitrogen and oxygen atoms in total. The molecule has 0 saturated carbocycles. The van der Waals surface area contributed by atoms with E-state index in [1.807, 2.05) is 0 Å². The van der Waals surface area contributed by atoms with Crippen molar-refractivity contribution in [3.8, 4) is 0 Å². The minimum atomic E-state index is -1.03. The predicted octanol–water partition coefficient (Wildman–Crippen LogP) is 3.41. The number of hydrogen-bond donors (Lipinski definition) is 1. The van der Waals surface area contributed by atoms with Crippen molar-refractivity contribution in [1.29, 1.82) is 0 Å². The van der Waals surface area contributed by atoms with Crippen LogP contribution in [0.15, 0.2) is 23.1 Å². The number of carbonyl (C=O) groups is 2. The second-order valence-corrected chi connectivity index (χ2v) is 6.23. The predicted molar refractivity (Wildman–Crippen MR) is 81.7 cm³/mol. The third-order valence-corrected chi connectivity index (χ3v) is 4.21. The van der Waals surface area contributed by atoms with Crippen molar-refractivity contribution in [1.82, 2.24) is 4.90 Å². The molecular weight excluding hydrogens is 321 g/mol. The largest absolute Gasteiger partial charge is 0.480 e. The first kappa shape index (κ1) is 17.1. The van der Waals surface area contributed by atoms with Gasteiger partial charge in [-0.1, -0.05) is 23.2 Å². The van der Waals surface area contributed by atoms with Crippen molar-refractivity contribution >= 4 is 46.8 Å². The van der Waals surface area contributed by atoms with Crippen molar-refractivity contribution in [2.75, 3.05) is 12.3 Å². The van der Waals surface area contributed by atoms with Crippen LogP contribution in [0.1, 0.15) is 13.8 Å². The molecule has 0 unspecified atom stereocenters. The Kier molecular flexibility index (Phi) is 6.65. The number of halogens is 2. The van der Waals surface area contributed by atoms with Crippen LogP contribution in [0.4, 0.5) is 0 Å². The van der Waals surface area contributed by atoms with Gasteiger partial charge >= 0.3 is 5.97 Å². The van der Waals surface area contributed by atoms with Gasteiger partial charge in [-0.05, 0) is 32.0 Å². The van der Waals surface area contributed by atoms with E-state index in [1.54, 1.807) is 32.0 Å². The first-order valence-electron chi connectivity index (χ1n) is 5.90. The zero-order valence-electron chi connectivity index (χ0n) is 11.1. The smallest absolute Gasteiger partial charge is 0.323 e. The number of thioether (sulfide) groups is 1. The van der Waals surface area contributed by atoms with Crippen LogP contribution in [0.5, 0.6) is 0 Å². The number of rotatable bonds is 6. The molecule has 1 amide bonds. The van der Waals surface area contributed by atoms with E-state index >= 15 is 0 Å². The van der Waals surface area contributed by atoms with E-state index in [0.29, 0.717) is 14.9 Å². The Morgan fingerprint density at radius 3 is 2.55 bits per heavy atom. The third-order valence-electron chi connectivity index (χ3n) is 2.49. The second kappa shape index (κ2) is 7.76. The SMILES string of the molecule is CC(C)N(CC(=O)O)C(=O)CSc1cc(Cl)ccc1Cl. The highest BCUT2D eigenvalue weighted by Gasteiger charge is 2.20. The topological polar surface area (TPSA) is 57.6 Å². The van der Waals surface area contributed by atoms with Gasteiger partial charge < -0.3 is 10.0 Å². The van der Waals surface area contributed by atoms with E-state index in [-0.39, 0.29) is 24.2 Å². The molecule has 110 valence electrons. The van der Waals surface area contributed by atoms with Gasteiger partial charge in [0, 0.05) is 16.0 Å². The number of hydrogen-bond acceptors (Lipinski definition) is 3. The van der Waals surface area contributed by atoms with Gasteiger partial charge in [0.05, 0.1) is 10.8 Å². The van der Waals surface area contributed by atoms with Crippen LogP contribution in [0.2, 0.25) is 10.0 Å². The number of carboxylic acid groups (broad SMARTS) is 1. The molecule has 1 N–H and O–H groups in total. The molecule has 0 aliphatic heterocycles. The Balaban J connectivity index is 2.69. The molecule has 0 spiro atoms. The van der Waals surface area contributed by atoms with Gasteiger partial charge in [0.2, 0.25) is 5.91 Å². The zero-order chi connectivity index (χ0) is 15.3. The van der Waals surface area contributed by atoms with Gasteiger partial charge in [0.15, 0.2) is 0 Å². The van der Waals surface area contributed by atoms with Crippen LogP contribution in [0.25, 0.3) is 0 Å². The number of aliphatic carboxylic acids is 1. The van der Waals surface area contributed by atoms with Crippen LogP contribution in [0.3, 0.4) is 0 Å². The summed E-state index contributed by atoms with van der Waals surface area (Å²) in [5.41, 5.74) is 0. The first-order chi connectivity index (χ1) is 9.31. The molecule has 1 aromatic carbocycles. The van der Waals surface area contributed by atoms with Crippen LogP contribution < -0.4 is 0 Å². The molecule has 0 atom stereocenters. The Morgan fingerprint density at radius 2 is 2.00 bits per heavy atom. The lowest BCUT2D eigenvalue weighted by molar-refractivity contribution is -0.144. The average molecular weight is 336 g/mol. The van der Waals surface area contributed by atoms with E-state index < -0.39 is 5.97 Å². The van der Waals surface area contributed by atoms with Crippen LogP contribution >= 0.6 is 35.0 Å². The molecule has 0 saturated heterocycles. The Hall–Kier alpha value is -0.910. The molecule has 7 heteroatoms. The Bertz CT molecular complexity index is 508. The first-order valence-corrected chi connectivity index (χ1v) is 7.64. The van der Waals surface area contributed by atoms with E-state index in [0.717, 1.165) is 0 Å². The summed E-state index contributed by atoms with van der Waals surface area (Å²) in [5.74, 6) is -1.16. The summed E-state index contributed by atoms with van der Waals surface area (Å²) in [6, 6.07) is 4.84. The van der Waals surface area contributed by atoms with E-state index in [4.69, 9.17) is 28.3 Å². The third kappa shape index (κ3) is 5.23. The Labute approximate surface area is 132 Å². The fraction of sp³-hybridized carbons (Fsp3) is 0.385. The maximum absolute atomic E-state index is 12.1. The molecule has 0 aliphatic carbocycles. The molecule has 1 rings (SSSR count). The number of carboxylic acids is 1. The highest BCUT2D eigenvalue weighted by Crippen LogP contribution is 2.30. The van der Waals surface area contributed by atoms with Gasteiger partial charge in [0.1, 0.15) is 6.54 Å². The minimum Gasteiger partial charge on any atom is -0.480 e. The van der Waals surface area contributed by atoms with E-state index in [1.165, 1.54) is 16.7 Å². The maximum atomic E-state index is 12.1. The van der Waals surface area contributed by atoms with Crippen molar-refractivity contribution in [2.45, 2.75) is 24.8 Å². The standard InChI is InChI=1S/C13H15Cl2NO3S/c1-8(2)16(6-13(18)19)12(17)7-20-11-5-9(14)3-4-10(11)15/h3-5,8H,6-7H2,1-2H3,(H,18,19). The lowest BCUT2D eigenvalue weighted by atomic mass is 10.3. The second-order valence-electron chi connectivity index (χ2n) is 4.37. The quantitative estimate of drug-likeness (QED) is 0.809. The van der Waals surface area contributed by atoms with Crippen LogP contribution in [0, 0.1) is 0 Å². The fourth-order valence-electron chi connectivity index (χ4n) is 1.51.